The number of carbonyl (C=O) groups is 1. The SMILES string of the molecule is Cc1ccc(B2OC(C)(C)C(C)(C)O2)cc1C(=O)N(C)[C@@H](C)CO. The van der Waals surface area contributed by atoms with Gasteiger partial charge in [0.2, 0.25) is 0 Å². The standard InChI is InChI=1S/C18H28BNO4/c1-12-8-9-14(19-23-17(3,4)18(5,6)24-19)10-15(12)16(22)20(7)13(2)11-21/h8-10,13,21H,11H2,1-7H3/t13-/m0/s1. The first kappa shape index (κ1) is 19.0. The van der Waals surface area contributed by atoms with Crippen molar-refractivity contribution in [3.63, 3.8) is 0 Å². The van der Waals surface area contributed by atoms with Gasteiger partial charge in [-0.3, -0.25) is 4.79 Å². The molecule has 0 saturated carbocycles. The first-order valence-electron chi connectivity index (χ1n) is 8.34. The second-order valence-electron chi connectivity index (χ2n) is 7.61. The third-order valence-corrected chi connectivity index (χ3v) is 5.26. The number of aryl methyl sites for hydroxylation is 1. The Bertz CT molecular complexity index is 613. The highest BCUT2D eigenvalue weighted by Crippen LogP contribution is 2.36. The Morgan fingerprint density at radius 2 is 1.79 bits per heavy atom. The molecule has 6 heteroatoms. The van der Waals surface area contributed by atoms with Crippen LogP contribution in [0.3, 0.4) is 0 Å². The number of nitrogens with zero attached hydrogens (tertiary/aromatic N) is 1. The normalized spacial score (nSPS) is 20.1. The summed E-state index contributed by atoms with van der Waals surface area (Å²) >= 11 is 0. The third-order valence-electron chi connectivity index (χ3n) is 5.26. The van der Waals surface area contributed by atoms with E-state index in [0.29, 0.717) is 5.56 Å². The van der Waals surface area contributed by atoms with Gasteiger partial charge in [0.1, 0.15) is 0 Å². The molecule has 1 atom stereocenters. The number of hydrogen-bond acceptors (Lipinski definition) is 4. The molecular weight excluding hydrogens is 305 g/mol. The fourth-order valence-corrected chi connectivity index (χ4v) is 2.51. The smallest absolute Gasteiger partial charge is 0.399 e. The molecule has 1 saturated heterocycles. The zero-order chi connectivity index (χ0) is 18.3. The summed E-state index contributed by atoms with van der Waals surface area (Å²) in [5, 5.41) is 9.28. The number of benzene rings is 1. The van der Waals surface area contributed by atoms with Gasteiger partial charge in [-0.15, -0.1) is 0 Å². The second kappa shape index (κ2) is 6.50. The van der Waals surface area contributed by atoms with Crippen molar-refractivity contribution in [2.75, 3.05) is 13.7 Å². The molecule has 1 aromatic carbocycles. The lowest BCUT2D eigenvalue weighted by Gasteiger charge is -2.32. The number of rotatable bonds is 4. The maximum atomic E-state index is 12.7. The molecule has 0 spiro atoms. The van der Waals surface area contributed by atoms with Gasteiger partial charge in [-0.1, -0.05) is 12.1 Å². The average Bonchev–Trinajstić information content (AvgIpc) is 2.73. The van der Waals surface area contributed by atoms with Crippen LogP contribution in [0.5, 0.6) is 0 Å². The van der Waals surface area contributed by atoms with Crippen molar-refractivity contribution in [2.45, 2.75) is 58.8 Å². The molecule has 1 amide bonds. The maximum Gasteiger partial charge on any atom is 0.494 e. The van der Waals surface area contributed by atoms with Crippen LogP contribution in [-0.4, -0.2) is 53.9 Å². The first-order chi connectivity index (χ1) is 11.0. The molecule has 0 aliphatic carbocycles. The molecule has 0 unspecified atom stereocenters. The van der Waals surface area contributed by atoms with Crippen molar-refractivity contribution in [2.24, 2.45) is 0 Å². The van der Waals surface area contributed by atoms with Gasteiger partial charge in [0.25, 0.3) is 5.91 Å². The highest BCUT2D eigenvalue weighted by atomic mass is 16.7. The van der Waals surface area contributed by atoms with Crippen molar-refractivity contribution in [1.82, 2.24) is 4.90 Å². The Hall–Kier alpha value is -1.37. The monoisotopic (exact) mass is 333 g/mol. The van der Waals surface area contributed by atoms with Gasteiger partial charge in [0.05, 0.1) is 23.9 Å². The Labute approximate surface area is 145 Å². The van der Waals surface area contributed by atoms with E-state index in [-0.39, 0.29) is 18.6 Å². The van der Waals surface area contributed by atoms with Crippen LogP contribution in [0.4, 0.5) is 0 Å². The summed E-state index contributed by atoms with van der Waals surface area (Å²) in [5.41, 5.74) is 1.47. The summed E-state index contributed by atoms with van der Waals surface area (Å²) in [6.45, 7) is 11.7. The highest BCUT2D eigenvalue weighted by Gasteiger charge is 2.51. The van der Waals surface area contributed by atoms with E-state index in [4.69, 9.17) is 9.31 Å². The molecule has 1 aliphatic heterocycles. The summed E-state index contributed by atoms with van der Waals surface area (Å²) in [6.07, 6.45) is 0. The van der Waals surface area contributed by atoms with E-state index in [1.165, 1.54) is 0 Å². The molecule has 1 N–H and O–H groups in total. The van der Waals surface area contributed by atoms with Gasteiger partial charge in [0, 0.05) is 12.6 Å². The molecule has 1 aliphatic rings. The number of aliphatic hydroxyl groups is 1. The molecular formula is C18H28BNO4. The number of hydrogen-bond donors (Lipinski definition) is 1. The van der Waals surface area contributed by atoms with Gasteiger partial charge in [0.15, 0.2) is 0 Å². The van der Waals surface area contributed by atoms with Gasteiger partial charge < -0.3 is 19.3 Å². The molecule has 0 bridgehead atoms. The fourth-order valence-electron chi connectivity index (χ4n) is 2.51. The van der Waals surface area contributed by atoms with Crippen LogP contribution in [-0.2, 0) is 9.31 Å². The summed E-state index contributed by atoms with van der Waals surface area (Å²) in [5.74, 6) is -0.118. The predicted octanol–water partition coefficient (Wildman–Crippen LogP) is 1.75. The second-order valence-corrected chi connectivity index (χ2v) is 7.61. The van der Waals surface area contributed by atoms with Crippen LogP contribution in [0, 0.1) is 6.92 Å². The number of amides is 1. The Morgan fingerprint density at radius 1 is 1.25 bits per heavy atom. The van der Waals surface area contributed by atoms with Crippen LogP contribution in [0.1, 0.15) is 50.5 Å². The molecule has 1 aromatic rings. The van der Waals surface area contributed by atoms with Gasteiger partial charge in [-0.05, 0) is 58.6 Å². The van der Waals surface area contributed by atoms with Crippen molar-refractivity contribution in [3.8, 4) is 0 Å². The minimum absolute atomic E-state index is 0.0712. The van der Waals surface area contributed by atoms with E-state index in [1.807, 2.05) is 59.7 Å². The number of aliphatic hydroxyl groups excluding tert-OH is 1. The van der Waals surface area contributed by atoms with Crippen LogP contribution < -0.4 is 5.46 Å². The van der Waals surface area contributed by atoms with E-state index in [0.717, 1.165) is 11.0 Å². The molecule has 0 aromatic heterocycles. The molecule has 132 valence electrons. The summed E-state index contributed by atoms with van der Waals surface area (Å²) in [4.78, 5) is 14.3. The van der Waals surface area contributed by atoms with Gasteiger partial charge in [-0.25, -0.2) is 0 Å². The van der Waals surface area contributed by atoms with E-state index in [2.05, 4.69) is 0 Å². The van der Waals surface area contributed by atoms with Crippen molar-refractivity contribution >= 4 is 18.5 Å². The highest BCUT2D eigenvalue weighted by molar-refractivity contribution is 6.62. The van der Waals surface area contributed by atoms with Crippen LogP contribution in [0.2, 0.25) is 0 Å². The minimum Gasteiger partial charge on any atom is -0.399 e. The quantitative estimate of drug-likeness (QED) is 0.853. The summed E-state index contributed by atoms with van der Waals surface area (Å²) in [6, 6.07) is 5.44. The Balaban J connectivity index is 2.32. The minimum atomic E-state index is -0.497. The Morgan fingerprint density at radius 3 is 2.29 bits per heavy atom. The van der Waals surface area contributed by atoms with E-state index >= 15 is 0 Å². The first-order valence-corrected chi connectivity index (χ1v) is 8.34. The zero-order valence-electron chi connectivity index (χ0n) is 15.7. The van der Waals surface area contributed by atoms with Gasteiger partial charge in [-0.2, -0.15) is 0 Å². The van der Waals surface area contributed by atoms with E-state index < -0.39 is 18.3 Å². The van der Waals surface area contributed by atoms with Crippen LogP contribution >= 0.6 is 0 Å². The average molecular weight is 333 g/mol. The summed E-state index contributed by atoms with van der Waals surface area (Å²) in [7, 11) is 1.20. The third kappa shape index (κ3) is 3.36. The molecule has 5 nitrogen and oxygen atoms in total. The lowest BCUT2D eigenvalue weighted by molar-refractivity contribution is 0.00578. The van der Waals surface area contributed by atoms with E-state index in [1.54, 1.807) is 11.9 Å². The summed E-state index contributed by atoms with van der Waals surface area (Å²) < 4.78 is 12.1. The molecule has 0 radical (unpaired) electrons. The molecule has 2 rings (SSSR count). The topological polar surface area (TPSA) is 59.0 Å². The largest absolute Gasteiger partial charge is 0.494 e. The number of carbonyl (C=O) groups excluding carboxylic acids is 1. The van der Waals surface area contributed by atoms with Crippen molar-refractivity contribution in [3.05, 3.63) is 29.3 Å². The predicted molar refractivity (Wildman–Crippen MR) is 95.5 cm³/mol. The van der Waals surface area contributed by atoms with Gasteiger partial charge >= 0.3 is 7.12 Å². The lowest BCUT2D eigenvalue weighted by atomic mass is 9.77. The maximum absolute atomic E-state index is 12.7. The molecule has 1 fully saturated rings. The zero-order valence-corrected chi connectivity index (χ0v) is 15.7. The molecule has 24 heavy (non-hydrogen) atoms. The fraction of sp³-hybridized carbons (Fsp3) is 0.611. The van der Waals surface area contributed by atoms with E-state index in [9.17, 15) is 9.90 Å². The number of likely N-dealkylation sites (N-methyl/N-ethyl adjacent to an activating group) is 1. The van der Waals surface area contributed by atoms with Crippen LogP contribution in [0.25, 0.3) is 0 Å². The van der Waals surface area contributed by atoms with Crippen molar-refractivity contribution in [1.29, 1.82) is 0 Å². The van der Waals surface area contributed by atoms with Crippen LogP contribution in [0.15, 0.2) is 18.2 Å². The van der Waals surface area contributed by atoms with Crippen molar-refractivity contribution < 1.29 is 19.2 Å². The lowest BCUT2D eigenvalue weighted by Crippen LogP contribution is -2.41. The Kier molecular flexibility index (Phi) is 5.14. The molecule has 1 heterocycles.